The van der Waals surface area contributed by atoms with Crippen LogP contribution in [0.15, 0.2) is 6.20 Å². The van der Waals surface area contributed by atoms with E-state index in [0.717, 1.165) is 25.1 Å². The first-order valence-corrected chi connectivity index (χ1v) is 6.49. The van der Waals surface area contributed by atoms with Crippen molar-refractivity contribution in [1.29, 1.82) is 0 Å². The lowest BCUT2D eigenvalue weighted by Crippen LogP contribution is -2.19. The highest BCUT2D eigenvalue weighted by atomic mass is 16.5. The number of aromatic nitrogens is 2. The van der Waals surface area contributed by atoms with Crippen molar-refractivity contribution in [3.8, 4) is 0 Å². The van der Waals surface area contributed by atoms with Crippen LogP contribution in [-0.4, -0.2) is 29.5 Å². The topological polar surface area (TPSA) is 39.1 Å². The van der Waals surface area contributed by atoms with E-state index < -0.39 is 0 Å². The van der Waals surface area contributed by atoms with E-state index in [-0.39, 0.29) is 0 Å². The van der Waals surface area contributed by atoms with Gasteiger partial charge >= 0.3 is 0 Å². The molecule has 17 heavy (non-hydrogen) atoms. The van der Waals surface area contributed by atoms with Gasteiger partial charge in [0.2, 0.25) is 0 Å². The molecule has 1 N–H and O–H groups in total. The molecule has 96 valence electrons. The van der Waals surface area contributed by atoms with Crippen LogP contribution in [-0.2, 0) is 11.8 Å². The maximum Gasteiger partial charge on any atom is 0.0641 e. The van der Waals surface area contributed by atoms with Crippen LogP contribution in [0.1, 0.15) is 43.0 Å². The van der Waals surface area contributed by atoms with Gasteiger partial charge in [-0.3, -0.25) is 4.68 Å². The van der Waals surface area contributed by atoms with E-state index in [1.165, 1.54) is 18.4 Å². The van der Waals surface area contributed by atoms with Crippen molar-refractivity contribution in [2.24, 2.45) is 7.05 Å². The monoisotopic (exact) mass is 237 g/mol. The zero-order valence-electron chi connectivity index (χ0n) is 11.1. The maximum atomic E-state index is 5.67. The predicted molar refractivity (Wildman–Crippen MR) is 68.0 cm³/mol. The highest BCUT2D eigenvalue weighted by molar-refractivity contribution is 5.19. The van der Waals surface area contributed by atoms with Gasteiger partial charge in [0, 0.05) is 31.5 Å². The zero-order valence-corrected chi connectivity index (χ0v) is 11.1. The minimum Gasteiger partial charge on any atom is -0.378 e. The van der Waals surface area contributed by atoms with E-state index in [1.54, 1.807) is 0 Å². The summed E-state index contributed by atoms with van der Waals surface area (Å²) in [5.41, 5.74) is 2.44. The first-order valence-electron chi connectivity index (χ1n) is 6.49. The second kappa shape index (κ2) is 5.65. The number of hydrogen-bond donors (Lipinski definition) is 1. The smallest absolute Gasteiger partial charge is 0.0641 e. The van der Waals surface area contributed by atoms with Crippen molar-refractivity contribution in [2.75, 3.05) is 13.7 Å². The van der Waals surface area contributed by atoms with Crippen molar-refractivity contribution >= 4 is 0 Å². The molecule has 1 aromatic heterocycles. The van der Waals surface area contributed by atoms with Gasteiger partial charge in [0.25, 0.3) is 0 Å². The fraction of sp³-hybridized carbons (Fsp3) is 0.769. The summed E-state index contributed by atoms with van der Waals surface area (Å²) in [7, 11) is 4.00. The first kappa shape index (κ1) is 12.6. The van der Waals surface area contributed by atoms with Crippen LogP contribution in [0, 0.1) is 6.92 Å². The number of aryl methyl sites for hydroxylation is 2. The molecule has 1 fully saturated rings. The van der Waals surface area contributed by atoms with E-state index in [2.05, 4.69) is 23.5 Å². The Bertz CT molecular complexity index is 356. The van der Waals surface area contributed by atoms with Gasteiger partial charge in [-0.1, -0.05) is 0 Å². The molecular formula is C13H23N3O. The molecule has 0 saturated carbocycles. The van der Waals surface area contributed by atoms with Crippen molar-refractivity contribution < 1.29 is 4.74 Å². The minimum absolute atomic E-state index is 0.396. The molecule has 2 atom stereocenters. The molecule has 2 unspecified atom stereocenters. The van der Waals surface area contributed by atoms with E-state index in [0.29, 0.717) is 12.1 Å². The lowest BCUT2D eigenvalue weighted by atomic mass is 10.00. The Morgan fingerprint density at radius 2 is 2.47 bits per heavy atom. The fourth-order valence-electron chi connectivity index (χ4n) is 2.64. The number of rotatable bonds is 5. The molecular weight excluding hydrogens is 214 g/mol. The molecule has 0 amide bonds. The highest BCUT2D eigenvalue weighted by Gasteiger charge is 2.20. The van der Waals surface area contributed by atoms with Gasteiger partial charge in [0.1, 0.15) is 0 Å². The normalized spacial score (nSPS) is 21.9. The molecule has 2 rings (SSSR count). The van der Waals surface area contributed by atoms with Crippen LogP contribution in [0.4, 0.5) is 0 Å². The second-order valence-corrected chi connectivity index (χ2v) is 4.90. The standard InChI is InChI=1S/C13H23N3O/c1-10-12(9-16(3)15-10)13(14-2)7-6-11-5-4-8-17-11/h9,11,13-14H,4-8H2,1-3H3. The Hall–Kier alpha value is -0.870. The van der Waals surface area contributed by atoms with Crippen LogP contribution < -0.4 is 5.32 Å². The van der Waals surface area contributed by atoms with Crippen molar-refractivity contribution in [1.82, 2.24) is 15.1 Å². The molecule has 1 aliphatic heterocycles. The van der Waals surface area contributed by atoms with Crippen molar-refractivity contribution in [2.45, 2.75) is 44.8 Å². The molecule has 4 heteroatoms. The molecule has 4 nitrogen and oxygen atoms in total. The van der Waals surface area contributed by atoms with E-state index in [4.69, 9.17) is 4.74 Å². The zero-order chi connectivity index (χ0) is 12.3. The second-order valence-electron chi connectivity index (χ2n) is 4.90. The van der Waals surface area contributed by atoms with Crippen LogP contribution in [0.3, 0.4) is 0 Å². The first-order chi connectivity index (χ1) is 8.20. The summed E-state index contributed by atoms with van der Waals surface area (Å²) < 4.78 is 7.56. The number of nitrogens with one attached hydrogen (secondary N) is 1. The lowest BCUT2D eigenvalue weighted by Gasteiger charge is -2.17. The average Bonchev–Trinajstić information content (AvgIpc) is 2.90. The summed E-state index contributed by atoms with van der Waals surface area (Å²) in [6.07, 6.45) is 7.30. The molecule has 0 aromatic carbocycles. The molecule has 0 radical (unpaired) electrons. The minimum atomic E-state index is 0.396. The predicted octanol–water partition coefficient (Wildman–Crippen LogP) is 1.95. The molecule has 0 bridgehead atoms. The maximum absolute atomic E-state index is 5.67. The van der Waals surface area contributed by atoms with E-state index in [9.17, 15) is 0 Å². The molecule has 1 aromatic rings. The molecule has 0 spiro atoms. The van der Waals surface area contributed by atoms with Crippen LogP contribution in [0.2, 0.25) is 0 Å². The average molecular weight is 237 g/mol. The van der Waals surface area contributed by atoms with Crippen LogP contribution >= 0.6 is 0 Å². The summed E-state index contributed by atoms with van der Waals surface area (Å²) in [4.78, 5) is 0. The van der Waals surface area contributed by atoms with Gasteiger partial charge < -0.3 is 10.1 Å². The Morgan fingerprint density at radius 3 is 3.00 bits per heavy atom. The van der Waals surface area contributed by atoms with Gasteiger partial charge in [-0.15, -0.1) is 0 Å². The van der Waals surface area contributed by atoms with Crippen LogP contribution in [0.25, 0.3) is 0 Å². The summed E-state index contributed by atoms with van der Waals surface area (Å²) in [5, 5.41) is 7.79. The van der Waals surface area contributed by atoms with Gasteiger partial charge in [-0.25, -0.2) is 0 Å². The summed E-state index contributed by atoms with van der Waals surface area (Å²) in [5.74, 6) is 0. The summed E-state index contributed by atoms with van der Waals surface area (Å²) >= 11 is 0. The molecule has 1 aliphatic rings. The quantitative estimate of drug-likeness (QED) is 0.850. The Balaban J connectivity index is 1.93. The third-order valence-corrected chi connectivity index (χ3v) is 3.58. The Morgan fingerprint density at radius 1 is 1.65 bits per heavy atom. The molecule has 0 aliphatic carbocycles. The van der Waals surface area contributed by atoms with Gasteiger partial charge in [0.15, 0.2) is 0 Å². The molecule has 2 heterocycles. The Kier molecular flexibility index (Phi) is 4.18. The summed E-state index contributed by atoms with van der Waals surface area (Å²) in [6.45, 7) is 3.02. The molecule has 1 saturated heterocycles. The van der Waals surface area contributed by atoms with Crippen molar-refractivity contribution in [3.63, 3.8) is 0 Å². The van der Waals surface area contributed by atoms with Gasteiger partial charge in [0.05, 0.1) is 11.8 Å². The largest absolute Gasteiger partial charge is 0.378 e. The third-order valence-electron chi connectivity index (χ3n) is 3.58. The van der Waals surface area contributed by atoms with Gasteiger partial charge in [-0.05, 0) is 39.7 Å². The number of ether oxygens (including phenoxy) is 1. The van der Waals surface area contributed by atoms with E-state index in [1.807, 2.05) is 18.8 Å². The fourth-order valence-corrected chi connectivity index (χ4v) is 2.64. The number of hydrogen-bond acceptors (Lipinski definition) is 3. The lowest BCUT2D eigenvalue weighted by molar-refractivity contribution is 0.0998. The Labute approximate surface area is 103 Å². The van der Waals surface area contributed by atoms with Crippen molar-refractivity contribution in [3.05, 3.63) is 17.5 Å². The third kappa shape index (κ3) is 3.07. The number of nitrogens with zero attached hydrogens (tertiary/aromatic N) is 2. The highest BCUT2D eigenvalue weighted by Crippen LogP contribution is 2.25. The van der Waals surface area contributed by atoms with E-state index >= 15 is 0 Å². The van der Waals surface area contributed by atoms with Crippen LogP contribution in [0.5, 0.6) is 0 Å². The SMILES string of the molecule is CNC(CCC1CCCO1)c1cn(C)nc1C. The summed E-state index contributed by atoms with van der Waals surface area (Å²) in [6, 6.07) is 0.396. The van der Waals surface area contributed by atoms with Gasteiger partial charge in [-0.2, -0.15) is 5.10 Å².